The molecule has 0 bridgehead atoms. The highest BCUT2D eigenvalue weighted by molar-refractivity contribution is 7.55. The summed E-state index contributed by atoms with van der Waals surface area (Å²) >= 11 is 0. The minimum Gasteiger partial charge on any atom is -0.308 e. The average Bonchev–Trinajstić information content (AvgIpc) is 2.30. The van der Waals surface area contributed by atoms with Gasteiger partial charge in [-0.15, -0.1) is 0 Å². The van der Waals surface area contributed by atoms with E-state index in [-0.39, 0.29) is 0 Å². The van der Waals surface area contributed by atoms with E-state index in [0.29, 0.717) is 18.9 Å². The van der Waals surface area contributed by atoms with Crippen LogP contribution in [-0.4, -0.2) is 18.2 Å². The zero-order valence-corrected chi connectivity index (χ0v) is 11.7. The normalized spacial score (nSPS) is 12.7. The maximum atomic E-state index is 12.8. The summed E-state index contributed by atoms with van der Waals surface area (Å²) < 4.78 is 23.5. The summed E-state index contributed by atoms with van der Waals surface area (Å²) in [6.45, 7) is 7.99. The average molecular weight is 257 g/mol. The Morgan fingerprint density at radius 3 is 2.24 bits per heavy atom. The Morgan fingerprint density at radius 2 is 1.82 bits per heavy atom. The molecular weight excluding hydrogens is 237 g/mol. The molecule has 0 N–H and O–H groups in total. The molecule has 4 nitrogen and oxygen atoms in total. The van der Waals surface area contributed by atoms with Crippen LogP contribution in [0.3, 0.4) is 0 Å². The van der Waals surface area contributed by atoms with Crippen molar-refractivity contribution in [2.45, 2.75) is 32.9 Å². The molecular formula is C12H20NO3P. The van der Waals surface area contributed by atoms with Crippen molar-refractivity contribution >= 4 is 7.60 Å². The fourth-order valence-corrected chi connectivity index (χ4v) is 3.38. The lowest BCUT2D eigenvalue weighted by Gasteiger charge is -2.32. The Bertz CT molecular complexity index is 382. The SMILES string of the molecule is CCOP(=O)(OCC)C(C)(C)c1ccccn1. The van der Waals surface area contributed by atoms with E-state index in [4.69, 9.17) is 9.05 Å². The molecule has 0 amide bonds. The fourth-order valence-electron chi connectivity index (χ4n) is 1.56. The largest absolute Gasteiger partial charge is 0.342 e. The summed E-state index contributed by atoms with van der Waals surface area (Å²) in [7, 11) is -3.21. The third-order valence-corrected chi connectivity index (χ3v) is 5.37. The second-order valence-electron chi connectivity index (χ2n) is 4.11. The van der Waals surface area contributed by atoms with Crippen LogP contribution < -0.4 is 0 Å². The van der Waals surface area contributed by atoms with Gasteiger partial charge in [-0.05, 0) is 39.8 Å². The topological polar surface area (TPSA) is 48.4 Å². The van der Waals surface area contributed by atoms with Gasteiger partial charge in [0.25, 0.3) is 0 Å². The number of nitrogens with zero attached hydrogens (tertiary/aromatic N) is 1. The fraction of sp³-hybridized carbons (Fsp3) is 0.583. The third kappa shape index (κ3) is 2.95. The molecule has 0 aromatic carbocycles. The lowest BCUT2D eigenvalue weighted by molar-refractivity contribution is 0.200. The summed E-state index contributed by atoms with van der Waals surface area (Å²) in [4.78, 5) is 4.25. The van der Waals surface area contributed by atoms with Crippen LogP contribution in [0.25, 0.3) is 0 Å². The van der Waals surface area contributed by atoms with E-state index < -0.39 is 12.8 Å². The minimum atomic E-state index is -3.21. The number of pyridine rings is 1. The van der Waals surface area contributed by atoms with Crippen LogP contribution in [0.4, 0.5) is 0 Å². The molecule has 0 saturated heterocycles. The molecule has 0 aliphatic carbocycles. The first-order valence-electron chi connectivity index (χ1n) is 5.78. The molecule has 17 heavy (non-hydrogen) atoms. The van der Waals surface area contributed by atoms with Gasteiger partial charge in [0.1, 0.15) is 5.16 Å². The molecule has 1 rings (SSSR count). The summed E-state index contributed by atoms with van der Waals surface area (Å²) in [6.07, 6.45) is 1.68. The third-order valence-electron chi connectivity index (χ3n) is 2.57. The van der Waals surface area contributed by atoms with Crippen LogP contribution in [0.1, 0.15) is 33.4 Å². The van der Waals surface area contributed by atoms with Gasteiger partial charge in [-0.1, -0.05) is 6.07 Å². The van der Waals surface area contributed by atoms with Crippen LogP contribution in [0.2, 0.25) is 0 Å². The van der Waals surface area contributed by atoms with Gasteiger partial charge in [0.2, 0.25) is 0 Å². The minimum absolute atomic E-state index is 0.355. The van der Waals surface area contributed by atoms with Gasteiger partial charge in [0.05, 0.1) is 18.9 Å². The Labute approximate surface area is 103 Å². The second-order valence-corrected chi connectivity index (χ2v) is 6.74. The first kappa shape index (κ1) is 14.4. The molecule has 1 aromatic rings. The highest BCUT2D eigenvalue weighted by Crippen LogP contribution is 2.64. The molecule has 1 heterocycles. The Balaban J connectivity index is 3.13. The van der Waals surface area contributed by atoms with Crippen molar-refractivity contribution in [1.29, 1.82) is 0 Å². The first-order chi connectivity index (χ1) is 7.98. The lowest BCUT2D eigenvalue weighted by Crippen LogP contribution is -2.22. The van der Waals surface area contributed by atoms with Crippen LogP contribution >= 0.6 is 7.60 Å². The quantitative estimate of drug-likeness (QED) is 0.731. The van der Waals surface area contributed by atoms with E-state index in [1.165, 1.54) is 0 Å². The Morgan fingerprint density at radius 1 is 1.24 bits per heavy atom. The predicted molar refractivity (Wildman–Crippen MR) is 68.1 cm³/mol. The molecule has 0 unspecified atom stereocenters. The van der Waals surface area contributed by atoms with Gasteiger partial charge < -0.3 is 9.05 Å². The van der Waals surface area contributed by atoms with Crippen molar-refractivity contribution in [1.82, 2.24) is 4.98 Å². The molecule has 0 fully saturated rings. The van der Waals surface area contributed by atoms with E-state index in [1.54, 1.807) is 20.0 Å². The molecule has 96 valence electrons. The second kappa shape index (κ2) is 5.76. The zero-order valence-electron chi connectivity index (χ0n) is 10.8. The maximum Gasteiger partial charge on any atom is 0.342 e. The van der Waals surface area contributed by atoms with E-state index in [2.05, 4.69) is 4.98 Å². The van der Waals surface area contributed by atoms with Crippen molar-refractivity contribution in [2.75, 3.05) is 13.2 Å². The van der Waals surface area contributed by atoms with Crippen LogP contribution in [0.5, 0.6) is 0 Å². The summed E-state index contributed by atoms with van der Waals surface area (Å²) in [5.41, 5.74) is 0.713. The van der Waals surface area contributed by atoms with Gasteiger partial charge in [0.15, 0.2) is 0 Å². The Hall–Kier alpha value is -0.700. The van der Waals surface area contributed by atoms with Gasteiger partial charge in [-0.2, -0.15) is 0 Å². The van der Waals surface area contributed by atoms with Gasteiger partial charge in [-0.3, -0.25) is 9.55 Å². The molecule has 0 atom stereocenters. The van der Waals surface area contributed by atoms with Crippen molar-refractivity contribution in [3.63, 3.8) is 0 Å². The molecule has 5 heteroatoms. The summed E-state index contributed by atoms with van der Waals surface area (Å²) in [5, 5.41) is -0.750. The zero-order chi connectivity index (χ0) is 12.9. The van der Waals surface area contributed by atoms with Gasteiger partial charge in [0, 0.05) is 6.20 Å². The first-order valence-corrected chi connectivity index (χ1v) is 7.33. The van der Waals surface area contributed by atoms with E-state index in [1.807, 2.05) is 32.0 Å². The number of hydrogen-bond acceptors (Lipinski definition) is 4. The molecule has 0 radical (unpaired) electrons. The predicted octanol–water partition coefficient (Wildman–Crippen LogP) is 3.58. The highest BCUT2D eigenvalue weighted by Gasteiger charge is 2.45. The van der Waals surface area contributed by atoms with Crippen LogP contribution in [-0.2, 0) is 18.8 Å². The van der Waals surface area contributed by atoms with Crippen molar-refractivity contribution in [3.8, 4) is 0 Å². The molecule has 0 aliphatic heterocycles. The van der Waals surface area contributed by atoms with E-state index in [0.717, 1.165) is 0 Å². The van der Waals surface area contributed by atoms with Crippen molar-refractivity contribution in [2.24, 2.45) is 0 Å². The number of rotatable bonds is 6. The smallest absolute Gasteiger partial charge is 0.308 e. The van der Waals surface area contributed by atoms with E-state index >= 15 is 0 Å². The Kier molecular flexibility index (Phi) is 4.87. The lowest BCUT2D eigenvalue weighted by atomic mass is 10.1. The number of hydrogen-bond donors (Lipinski definition) is 0. The van der Waals surface area contributed by atoms with Crippen LogP contribution in [0, 0.1) is 0 Å². The van der Waals surface area contributed by atoms with Crippen LogP contribution in [0.15, 0.2) is 24.4 Å². The number of aromatic nitrogens is 1. The van der Waals surface area contributed by atoms with Gasteiger partial charge >= 0.3 is 7.60 Å². The molecule has 1 aromatic heterocycles. The van der Waals surface area contributed by atoms with E-state index in [9.17, 15) is 4.57 Å². The monoisotopic (exact) mass is 257 g/mol. The standard InChI is InChI=1S/C12H20NO3P/c1-5-15-17(14,16-6-2)12(3,4)11-9-7-8-10-13-11/h7-10H,5-6H2,1-4H3. The van der Waals surface area contributed by atoms with Crippen molar-refractivity contribution in [3.05, 3.63) is 30.1 Å². The summed E-state index contributed by atoms with van der Waals surface area (Å²) in [6, 6.07) is 5.53. The highest BCUT2D eigenvalue weighted by atomic mass is 31.2. The summed E-state index contributed by atoms with van der Waals surface area (Å²) in [5.74, 6) is 0. The molecule has 0 spiro atoms. The molecule has 0 aliphatic rings. The van der Waals surface area contributed by atoms with Crippen molar-refractivity contribution < 1.29 is 13.6 Å². The molecule has 0 saturated carbocycles. The van der Waals surface area contributed by atoms with Gasteiger partial charge in [-0.25, -0.2) is 0 Å². The maximum absolute atomic E-state index is 12.8.